The monoisotopic (exact) mass is 283 g/mol. The van der Waals surface area contributed by atoms with Crippen LogP contribution in [0.5, 0.6) is 0 Å². The van der Waals surface area contributed by atoms with Gasteiger partial charge in [0, 0.05) is 6.04 Å². The zero-order valence-corrected chi connectivity index (χ0v) is 13.7. The van der Waals surface area contributed by atoms with Crippen LogP contribution in [0.25, 0.3) is 0 Å². The van der Waals surface area contributed by atoms with Crippen LogP contribution in [0, 0.1) is 5.92 Å². The summed E-state index contributed by atoms with van der Waals surface area (Å²) in [6.45, 7) is 11.8. The average Bonchev–Trinajstić information content (AvgIpc) is 2.41. The fourth-order valence-electron chi connectivity index (χ4n) is 3.07. The molecule has 0 bridgehead atoms. The molecule has 1 heterocycles. The number of primary amides is 1. The minimum Gasteiger partial charge on any atom is -0.368 e. The molecule has 3 atom stereocenters. The van der Waals surface area contributed by atoms with E-state index in [2.05, 4.69) is 31.0 Å². The predicted molar refractivity (Wildman–Crippen MR) is 84.6 cm³/mol. The Hall–Kier alpha value is -0.610. The maximum atomic E-state index is 11.7. The number of carbonyl (C=O) groups is 1. The second kappa shape index (κ2) is 7.99. The lowest BCUT2D eigenvalue weighted by Gasteiger charge is -2.38. The number of hydrogen-bond donors (Lipinski definition) is 2. The van der Waals surface area contributed by atoms with Crippen LogP contribution in [0.1, 0.15) is 59.8 Å². The first-order chi connectivity index (χ1) is 9.40. The van der Waals surface area contributed by atoms with Crippen molar-refractivity contribution in [1.82, 2.24) is 10.2 Å². The summed E-state index contributed by atoms with van der Waals surface area (Å²) < 4.78 is 0. The highest BCUT2D eigenvalue weighted by Crippen LogP contribution is 2.23. The largest absolute Gasteiger partial charge is 0.368 e. The van der Waals surface area contributed by atoms with Crippen LogP contribution in [0.2, 0.25) is 0 Å². The van der Waals surface area contributed by atoms with Crippen LogP contribution in [0.4, 0.5) is 0 Å². The van der Waals surface area contributed by atoms with Crippen molar-refractivity contribution < 1.29 is 4.79 Å². The van der Waals surface area contributed by atoms with Crippen molar-refractivity contribution in [3.05, 3.63) is 0 Å². The molecule has 1 fully saturated rings. The molecule has 1 rings (SSSR count). The molecular formula is C16H33N3O. The summed E-state index contributed by atoms with van der Waals surface area (Å²) in [4.78, 5) is 14.2. The predicted octanol–water partition coefficient (Wildman–Crippen LogP) is 2.13. The van der Waals surface area contributed by atoms with Crippen LogP contribution >= 0.6 is 0 Å². The number of nitrogens with zero attached hydrogens (tertiary/aromatic N) is 1. The standard InChI is InChI=1S/C16H33N3O/c1-5-10-18-16(4,15(17)20)9-7-12-19-11-6-8-13(2)14(19)3/h13-14,18H,5-12H2,1-4H3,(H2,17,20). The number of amides is 1. The molecule has 1 aliphatic rings. The third-order valence-electron chi connectivity index (χ3n) is 4.94. The molecule has 4 nitrogen and oxygen atoms in total. The van der Waals surface area contributed by atoms with Gasteiger partial charge in [-0.2, -0.15) is 0 Å². The van der Waals surface area contributed by atoms with Crippen molar-refractivity contribution in [1.29, 1.82) is 0 Å². The first-order valence-electron chi connectivity index (χ1n) is 8.19. The van der Waals surface area contributed by atoms with E-state index < -0.39 is 5.54 Å². The first-order valence-corrected chi connectivity index (χ1v) is 8.19. The summed E-state index contributed by atoms with van der Waals surface area (Å²) >= 11 is 0. The summed E-state index contributed by atoms with van der Waals surface area (Å²) in [7, 11) is 0. The van der Waals surface area contributed by atoms with Gasteiger partial charge in [-0.05, 0) is 71.5 Å². The molecule has 0 saturated carbocycles. The summed E-state index contributed by atoms with van der Waals surface area (Å²) in [6.07, 6.45) is 5.50. The average molecular weight is 283 g/mol. The summed E-state index contributed by atoms with van der Waals surface area (Å²) in [5.41, 5.74) is 5.01. The highest BCUT2D eigenvalue weighted by Gasteiger charge is 2.30. The fourth-order valence-corrected chi connectivity index (χ4v) is 3.07. The van der Waals surface area contributed by atoms with Crippen molar-refractivity contribution in [2.75, 3.05) is 19.6 Å². The first kappa shape index (κ1) is 17.4. The Labute approximate surface area is 124 Å². The maximum absolute atomic E-state index is 11.7. The normalized spacial score (nSPS) is 27.2. The highest BCUT2D eigenvalue weighted by atomic mass is 16.1. The Morgan fingerprint density at radius 1 is 1.45 bits per heavy atom. The zero-order valence-electron chi connectivity index (χ0n) is 13.7. The lowest BCUT2D eigenvalue weighted by atomic mass is 9.90. The van der Waals surface area contributed by atoms with Crippen molar-refractivity contribution >= 4 is 5.91 Å². The SMILES string of the molecule is CCCNC(C)(CCCN1CCCC(C)C1C)C(N)=O. The Morgan fingerprint density at radius 2 is 2.15 bits per heavy atom. The molecule has 0 radical (unpaired) electrons. The molecule has 118 valence electrons. The Kier molecular flexibility index (Phi) is 6.96. The minimum absolute atomic E-state index is 0.231. The van der Waals surface area contributed by atoms with Crippen LogP contribution in [0.15, 0.2) is 0 Å². The van der Waals surface area contributed by atoms with E-state index >= 15 is 0 Å². The second-order valence-corrected chi connectivity index (χ2v) is 6.62. The van der Waals surface area contributed by atoms with Gasteiger partial charge in [-0.1, -0.05) is 13.8 Å². The number of piperidine rings is 1. The summed E-state index contributed by atoms with van der Waals surface area (Å²) in [5.74, 6) is 0.551. The van der Waals surface area contributed by atoms with Crippen LogP contribution in [0.3, 0.4) is 0 Å². The molecule has 4 heteroatoms. The van der Waals surface area contributed by atoms with Crippen LogP contribution in [-0.4, -0.2) is 42.0 Å². The molecule has 0 spiro atoms. The van der Waals surface area contributed by atoms with Gasteiger partial charge in [-0.25, -0.2) is 0 Å². The number of nitrogens with one attached hydrogen (secondary N) is 1. The van der Waals surface area contributed by atoms with Gasteiger partial charge in [0.15, 0.2) is 0 Å². The van der Waals surface area contributed by atoms with E-state index in [1.54, 1.807) is 0 Å². The van der Waals surface area contributed by atoms with Gasteiger partial charge in [0.2, 0.25) is 5.91 Å². The summed E-state index contributed by atoms with van der Waals surface area (Å²) in [5, 5.41) is 3.31. The lowest BCUT2D eigenvalue weighted by Crippen LogP contribution is -2.53. The lowest BCUT2D eigenvalue weighted by molar-refractivity contribution is -0.124. The quantitative estimate of drug-likeness (QED) is 0.717. The Bertz CT molecular complexity index is 308. The van der Waals surface area contributed by atoms with Gasteiger partial charge < -0.3 is 16.0 Å². The highest BCUT2D eigenvalue weighted by molar-refractivity contribution is 5.84. The molecule has 1 saturated heterocycles. The van der Waals surface area contributed by atoms with E-state index in [0.717, 1.165) is 38.3 Å². The topological polar surface area (TPSA) is 58.4 Å². The number of carbonyl (C=O) groups excluding carboxylic acids is 1. The molecule has 3 N–H and O–H groups in total. The number of nitrogens with two attached hydrogens (primary N) is 1. The molecule has 3 unspecified atom stereocenters. The zero-order chi connectivity index (χ0) is 15.2. The van der Waals surface area contributed by atoms with E-state index in [4.69, 9.17) is 5.73 Å². The third-order valence-corrected chi connectivity index (χ3v) is 4.94. The smallest absolute Gasteiger partial charge is 0.237 e. The second-order valence-electron chi connectivity index (χ2n) is 6.62. The van der Waals surface area contributed by atoms with Crippen molar-refractivity contribution in [3.63, 3.8) is 0 Å². The van der Waals surface area contributed by atoms with Gasteiger partial charge in [-0.3, -0.25) is 4.79 Å². The van der Waals surface area contributed by atoms with Gasteiger partial charge in [0.05, 0.1) is 5.54 Å². The minimum atomic E-state index is -0.555. The molecule has 0 aromatic carbocycles. The van der Waals surface area contributed by atoms with E-state index in [1.807, 2.05) is 6.92 Å². The van der Waals surface area contributed by atoms with Crippen molar-refractivity contribution in [2.24, 2.45) is 11.7 Å². The molecule has 1 amide bonds. The van der Waals surface area contributed by atoms with E-state index in [-0.39, 0.29) is 5.91 Å². The van der Waals surface area contributed by atoms with Gasteiger partial charge >= 0.3 is 0 Å². The number of rotatable bonds is 8. The van der Waals surface area contributed by atoms with Gasteiger partial charge in [-0.15, -0.1) is 0 Å². The fraction of sp³-hybridized carbons (Fsp3) is 0.938. The third kappa shape index (κ3) is 4.74. The molecule has 20 heavy (non-hydrogen) atoms. The molecule has 0 aromatic heterocycles. The van der Waals surface area contributed by atoms with Gasteiger partial charge in [0.1, 0.15) is 0 Å². The summed E-state index contributed by atoms with van der Waals surface area (Å²) in [6, 6.07) is 0.659. The molecule has 0 aromatic rings. The molecule has 0 aliphatic carbocycles. The van der Waals surface area contributed by atoms with E-state index in [1.165, 1.54) is 19.4 Å². The van der Waals surface area contributed by atoms with Crippen LogP contribution in [-0.2, 0) is 4.79 Å². The van der Waals surface area contributed by atoms with Crippen molar-refractivity contribution in [2.45, 2.75) is 71.4 Å². The van der Waals surface area contributed by atoms with Crippen LogP contribution < -0.4 is 11.1 Å². The Morgan fingerprint density at radius 3 is 2.75 bits per heavy atom. The maximum Gasteiger partial charge on any atom is 0.237 e. The molecular weight excluding hydrogens is 250 g/mol. The van der Waals surface area contributed by atoms with Gasteiger partial charge in [0.25, 0.3) is 0 Å². The number of likely N-dealkylation sites (tertiary alicyclic amines) is 1. The van der Waals surface area contributed by atoms with E-state index in [0.29, 0.717) is 6.04 Å². The molecule has 1 aliphatic heterocycles. The van der Waals surface area contributed by atoms with E-state index in [9.17, 15) is 4.79 Å². The Balaban J connectivity index is 2.42. The van der Waals surface area contributed by atoms with Crippen molar-refractivity contribution in [3.8, 4) is 0 Å². The number of hydrogen-bond acceptors (Lipinski definition) is 3.